The van der Waals surface area contributed by atoms with E-state index in [9.17, 15) is 9.18 Å². The molecule has 1 aromatic rings. The molecule has 7 heteroatoms. The Hall–Kier alpha value is -1.76. The smallest absolute Gasteiger partial charge is 0.251 e. The predicted molar refractivity (Wildman–Crippen MR) is 108 cm³/mol. The molecule has 0 aromatic heterocycles. The molecule has 1 aliphatic carbocycles. The third kappa shape index (κ3) is 6.20. The maximum Gasteiger partial charge on any atom is 0.251 e. The number of guanidine groups is 1. The fourth-order valence-electron chi connectivity index (χ4n) is 2.97. The van der Waals surface area contributed by atoms with Crippen LogP contribution in [0.15, 0.2) is 23.2 Å². The van der Waals surface area contributed by atoms with Crippen molar-refractivity contribution in [2.24, 2.45) is 4.99 Å². The Morgan fingerprint density at radius 3 is 2.81 bits per heavy atom. The first-order valence-electron chi connectivity index (χ1n) is 9.15. The number of nitrogens with zero attached hydrogens (tertiary/aromatic N) is 1. The molecule has 0 saturated heterocycles. The summed E-state index contributed by atoms with van der Waals surface area (Å²) in [5, 5.41) is 10.2. The Labute approximate surface area is 159 Å². The van der Waals surface area contributed by atoms with Gasteiger partial charge in [-0.2, -0.15) is 11.8 Å². The van der Waals surface area contributed by atoms with Gasteiger partial charge in [0.2, 0.25) is 0 Å². The van der Waals surface area contributed by atoms with E-state index in [2.05, 4.69) is 27.2 Å². The van der Waals surface area contributed by atoms with Gasteiger partial charge in [-0.1, -0.05) is 6.07 Å². The van der Waals surface area contributed by atoms with Gasteiger partial charge in [-0.25, -0.2) is 4.39 Å². The predicted octanol–water partition coefficient (Wildman–Crippen LogP) is 2.70. The van der Waals surface area contributed by atoms with Gasteiger partial charge in [0.05, 0.1) is 6.54 Å². The van der Waals surface area contributed by atoms with Gasteiger partial charge < -0.3 is 16.0 Å². The van der Waals surface area contributed by atoms with Crippen molar-refractivity contribution in [3.63, 3.8) is 0 Å². The molecule has 0 heterocycles. The minimum absolute atomic E-state index is 0.282. The summed E-state index contributed by atoms with van der Waals surface area (Å²) in [5.74, 6) is 0.139. The van der Waals surface area contributed by atoms with Gasteiger partial charge in [0, 0.05) is 29.9 Å². The molecule has 2 rings (SSSR count). The molecule has 1 aliphatic rings. The first kappa shape index (κ1) is 20.6. The Morgan fingerprint density at radius 2 is 2.15 bits per heavy atom. The fourth-order valence-corrected chi connectivity index (χ4v) is 3.77. The molecule has 0 aliphatic heterocycles. The quantitative estimate of drug-likeness (QED) is 0.387. The topological polar surface area (TPSA) is 65.5 Å². The first-order chi connectivity index (χ1) is 12.5. The normalized spacial score (nSPS) is 20.1. The Kier molecular flexibility index (Phi) is 8.22. The van der Waals surface area contributed by atoms with Crippen LogP contribution in [0.2, 0.25) is 0 Å². The molecule has 2 unspecified atom stereocenters. The van der Waals surface area contributed by atoms with Crippen molar-refractivity contribution in [2.75, 3.05) is 25.9 Å². The summed E-state index contributed by atoms with van der Waals surface area (Å²) in [4.78, 5) is 16.6. The van der Waals surface area contributed by atoms with Gasteiger partial charge in [0.25, 0.3) is 5.91 Å². The maximum atomic E-state index is 13.5. The summed E-state index contributed by atoms with van der Waals surface area (Å²) in [7, 11) is 0. The number of aryl methyl sites for hydroxylation is 1. The van der Waals surface area contributed by atoms with E-state index in [1.54, 1.807) is 19.1 Å². The van der Waals surface area contributed by atoms with Crippen molar-refractivity contribution in [3.05, 3.63) is 35.1 Å². The number of carbonyl (C=O) groups is 1. The maximum absolute atomic E-state index is 13.5. The van der Waals surface area contributed by atoms with E-state index in [0.29, 0.717) is 30.3 Å². The number of amides is 1. The van der Waals surface area contributed by atoms with Crippen LogP contribution in [0.3, 0.4) is 0 Å². The number of halogens is 1. The summed E-state index contributed by atoms with van der Waals surface area (Å²) < 4.78 is 13.5. The van der Waals surface area contributed by atoms with Gasteiger partial charge in [-0.05, 0) is 57.1 Å². The van der Waals surface area contributed by atoms with Gasteiger partial charge in [0.15, 0.2) is 5.96 Å². The fraction of sp³-hybridized carbons (Fsp3) is 0.579. The standard InChI is InChI=1S/C19H29FN4OS/c1-4-21-19(24-15-7-8-16(12-15)26-3)23-10-9-22-18(25)14-6-5-13(2)17(20)11-14/h5-6,11,15-16H,4,7-10,12H2,1-3H3,(H,22,25)(H2,21,23,24). The summed E-state index contributed by atoms with van der Waals surface area (Å²) >= 11 is 1.93. The number of carbonyl (C=O) groups excluding carboxylic acids is 1. The summed E-state index contributed by atoms with van der Waals surface area (Å²) in [6.07, 6.45) is 5.71. The van der Waals surface area contributed by atoms with Crippen LogP contribution in [-0.2, 0) is 0 Å². The van der Waals surface area contributed by atoms with Crippen molar-refractivity contribution < 1.29 is 9.18 Å². The van der Waals surface area contributed by atoms with Crippen molar-refractivity contribution in [3.8, 4) is 0 Å². The lowest BCUT2D eigenvalue weighted by Gasteiger charge is -2.17. The van der Waals surface area contributed by atoms with Crippen LogP contribution in [0.25, 0.3) is 0 Å². The van der Waals surface area contributed by atoms with E-state index in [1.165, 1.54) is 12.5 Å². The highest BCUT2D eigenvalue weighted by atomic mass is 32.2. The molecular weight excluding hydrogens is 351 g/mol. The molecule has 0 bridgehead atoms. The minimum Gasteiger partial charge on any atom is -0.357 e. The highest BCUT2D eigenvalue weighted by Gasteiger charge is 2.24. The van der Waals surface area contributed by atoms with Crippen LogP contribution in [0.1, 0.15) is 42.1 Å². The van der Waals surface area contributed by atoms with E-state index in [0.717, 1.165) is 30.6 Å². The average molecular weight is 381 g/mol. The number of rotatable bonds is 7. The molecule has 0 spiro atoms. The number of nitrogens with one attached hydrogen (secondary N) is 3. The Balaban J connectivity index is 1.80. The summed E-state index contributed by atoms with van der Waals surface area (Å²) in [6.45, 7) is 5.37. The van der Waals surface area contributed by atoms with Crippen LogP contribution in [0.5, 0.6) is 0 Å². The lowest BCUT2D eigenvalue weighted by Crippen LogP contribution is -2.43. The van der Waals surface area contributed by atoms with Gasteiger partial charge >= 0.3 is 0 Å². The van der Waals surface area contributed by atoms with Gasteiger partial charge in [-0.3, -0.25) is 9.79 Å². The van der Waals surface area contributed by atoms with E-state index in [4.69, 9.17) is 0 Å². The highest BCUT2D eigenvalue weighted by Crippen LogP contribution is 2.27. The van der Waals surface area contributed by atoms with E-state index in [1.807, 2.05) is 18.7 Å². The molecule has 26 heavy (non-hydrogen) atoms. The molecule has 2 atom stereocenters. The third-order valence-corrected chi connectivity index (χ3v) is 5.60. The number of hydrogen-bond acceptors (Lipinski definition) is 3. The lowest BCUT2D eigenvalue weighted by molar-refractivity contribution is 0.0954. The molecule has 0 radical (unpaired) electrons. The first-order valence-corrected chi connectivity index (χ1v) is 10.4. The lowest BCUT2D eigenvalue weighted by atomic mass is 10.1. The Bertz CT molecular complexity index is 638. The van der Waals surface area contributed by atoms with E-state index in [-0.39, 0.29) is 11.7 Å². The van der Waals surface area contributed by atoms with Crippen LogP contribution in [0, 0.1) is 12.7 Å². The highest BCUT2D eigenvalue weighted by molar-refractivity contribution is 7.99. The number of hydrogen-bond donors (Lipinski definition) is 3. The van der Waals surface area contributed by atoms with Crippen LogP contribution < -0.4 is 16.0 Å². The molecule has 1 saturated carbocycles. The number of benzene rings is 1. The molecule has 1 amide bonds. The van der Waals surface area contributed by atoms with E-state index >= 15 is 0 Å². The van der Waals surface area contributed by atoms with Gasteiger partial charge in [-0.15, -0.1) is 0 Å². The number of aliphatic imine (C=N–C) groups is 1. The van der Waals surface area contributed by atoms with Crippen LogP contribution in [0.4, 0.5) is 4.39 Å². The molecular formula is C19H29FN4OS. The minimum atomic E-state index is -0.366. The molecule has 1 aromatic carbocycles. The molecule has 3 N–H and O–H groups in total. The second-order valence-electron chi connectivity index (χ2n) is 6.49. The van der Waals surface area contributed by atoms with Crippen molar-refractivity contribution in [1.82, 2.24) is 16.0 Å². The van der Waals surface area contributed by atoms with Crippen molar-refractivity contribution in [2.45, 2.75) is 44.4 Å². The van der Waals surface area contributed by atoms with Crippen LogP contribution in [-0.4, -0.2) is 49.0 Å². The van der Waals surface area contributed by atoms with Crippen molar-refractivity contribution >= 4 is 23.6 Å². The summed E-state index contributed by atoms with van der Waals surface area (Å²) in [6, 6.07) is 4.96. The van der Waals surface area contributed by atoms with Crippen LogP contribution >= 0.6 is 11.8 Å². The molecule has 5 nitrogen and oxygen atoms in total. The zero-order valence-electron chi connectivity index (χ0n) is 15.8. The zero-order chi connectivity index (χ0) is 18.9. The Morgan fingerprint density at radius 1 is 1.35 bits per heavy atom. The van der Waals surface area contributed by atoms with Gasteiger partial charge in [0.1, 0.15) is 5.82 Å². The number of thioether (sulfide) groups is 1. The van der Waals surface area contributed by atoms with E-state index < -0.39 is 0 Å². The second kappa shape index (κ2) is 10.4. The monoisotopic (exact) mass is 380 g/mol. The van der Waals surface area contributed by atoms with Crippen molar-refractivity contribution in [1.29, 1.82) is 0 Å². The third-order valence-electron chi connectivity index (χ3n) is 4.50. The zero-order valence-corrected chi connectivity index (χ0v) is 16.6. The largest absolute Gasteiger partial charge is 0.357 e. The SMILES string of the molecule is CCNC(=NCCNC(=O)c1ccc(C)c(F)c1)NC1CCC(SC)C1. The summed E-state index contributed by atoms with van der Waals surface area (Å²) in [5.41, 5.74) is 0.860. The molecule has 1 fully saturated rings. The second-order valence-corrected chi connectivity index (χ2v) is 7.63. The average Bonchev–Trinajstić information content (AvgIpc) is 3.08. The molecule has 144 valence electrons.